The average molecular weight is 654 g/mol. The maximum Gasteiger partial charge on any atom is 0.408 e. The van der Waals surface area contributed by atoms with Gasteiger partial charge in [-0.1, -0.05) is 94.8 Å². The molecule has 0 radical (unpaired) electrons. The van der Waals surface area contributed by atoms with E-state index >= 15 is 0 Å². The summed E-state index contributed by atoms with van der Waals surface area (Å²) < 4.78 is 10.8. The average Bonchev–Trinajstić information content (AvgIpc) is 3.01. The smallest absolute Gasteiger partial charge is 0.408 e. The number of hydrogen-bond donors (Lipinski definition) is 3. The number of nitrogens with one attached hydrogen (secondary N) is 2. The lowest BCUT2D eigenvalue weighted by atomic mass is 9.94. The fraction of sp³-hybridized carbons (Fsp3) is 0.528. The third kappa shape index (κ3) is 12.8. The van der Waals surface area contributed by atoms with E-state index < -0.39 is 72.0 Å². The lowest BCUT2D eigenvalue weighted by Gasteiger charge is -2.35. The van der Waals surface area contributed by atoms with Gasteiger partial charge in [-0.25, -0.2) is 9.59 Å². The predicted molar refractivity (Wildman–Crippen MR) is 178 cm³/mol. The Morgan fingerprint density at radius 2 is 1.40 bits per heavy atom. The lowest BCUT2D eigenvalue weighted by molar-refractivity contribution is -0.156. The van der Waals surface area contributed by atoms with Gasteiger partial charge in [0, 0.05) is 6.42 Å². The Morgan fingerprint density at radius 3 is 1.91 bits per heavy atom. The summed E-state index contributed by atoms with van der Waals surface area (Å²) in [4.78, 5) is 69.0. The van der Waals surface area contributed by atoms with Crippen LogP contribution in [0, 0.1) is 11.8 Å². The third-order valence-corrected chi connectivity index (χ3v) is 7.63. The molecule has 0 aliphatic rings. The molecule has 2 aromatic rings. The van der Waals surface area contributed by atoms with E-state index in [4.69, 9.17) is 9.47 Å². The number of hydrogen-bond acceptors (Lipinski definition) is 8. The largest absolute Gasteiger partial charge is 0.459 e. The summed E-state index contributed by atoms with van der Waals surface area (Å²) in [6.45, 7) is 13.5. The first-order valence-corrected chi connectivity index (χ1v) is 16.1. The highest BCUT2D eigenvalue weighted by Gasteiger charge is 2.42. The predicted octanol–water partition coefficient (Wildman–Crippen LogP) is 4.55. The van der Waals surface area contributed by atoms with E-state index in [0.29, 0.717) is 12.0 Å². The molecule has 0 aliphatic carbocycles. The number of amides is 4. The standard InChI is InChI=1S/C36H51N3O8/c1-9-24(4)31(38-35(45)47-36(6,7)8)33(43)39(30(41)21-29(40)23(2)3)28(20-26-16-12-10-13-17-26)32(42)37-25(5)34(44)46-22-27-18-14-11-15-19-27/h10-19,23-25,28-29,31,40H,9,20-22H2,1-8H3,(H,37,42)(H,38,45)/t24-,25+,28+,29-,31+/m0/s1. The van der Waals surface area contributed by atoms with Gasteiger partial charge in [-0.2, -0.15) is 0 Å². The molecule has 0 spiro atoms. The van der Waals surface area contributed by atoms with Crippen LogP contribution in [0.25, 0.3) is 0 Å². The summed E-state index contributed by atoms with van der Waals surface area (Å²) in [6, 6.07) is 14.1. The molecule has 2 rings (SSSR count). The maximum atomic E-state index is 14.4. The number of esters is 1. The second kappa shape index (κ2) is 18.2. The van der Waals surface area contributed by atoms with Gasteiger partial charge in [0.2, 0.25) is 11.8 Å². The molecule has 0 unspecified atom stereocenters. The van der Waals surface area contributed by atoms with Crippen LogP contribution in [0.15, 0.2) is 60.7 Å². The summed E-state index contributed by atoms with van der Waals surface area (Å²) >= 11 is 0. The number of rotatable bonds is 15. The van der Waals surface area contributed by atoms with Crippen LogP contribution in [0.2, 0.25) is 0 Å². The van der Waals surface area contributed by atoms with Crippen molar-refractivity contribution in [2.75, 3.05) is 0 Å². The van der Waals surface area contributed by atoms with Crippen molar-refractivity contribution in [3.8, 4) is 0 Å². The molecular weight excluding hydrogens is 602 g/mol. The second-order valence-electron chi connectivity index (χ2n) is 13.2. The van der Waals surface area contributed by atoms with Gasteiger partial charge in [0.25, 0.3) is 5.91 Å². The van der Waals surface area contributed by atoms with E-state index in [-0.39, 0.29) is 18.9 Å². The van der Waals surface area contributed by atoms with Crippen molar-refractivity contribution in [1.82, 2.24) is 15.5 Å². The Morgan fingerprint density at radius 1 is 0.851 bits per heavy atom. The molecule has 0 aliphatic heterocycles. The third-order valence-electron chi connectivity index (χ3n) is 7.63. The highest BCUT2D eigenvalue weighted by molar-refractivity contribution is 6.04. The molecule has 5 atom stereocenters. The van der Waals surface area contributed by atoms with Crippen LogP contribution in [0.5, 0.6) is 0 Å². The van der Waals surface area contributed by atoms with E-state index in [2.05, 4.69) is 10.6 Å². The second-order valence-corrected chi connectivity index (χ2v) is 13.2. The van der Waals surface area contributed by atoms with Crippen molar-refractivity contribution in [3.05, 3.63) is 71.8 Å². The Kier molecular flexibility index (Phi) is 15.1. The summed E-state index contributed by atoms with van der Waals surface area (Å²) in [6.07, 6.45) is -2.05. The van der Waals surface area contributed by atoms with E-state index in [9.17, 15) is 29.1 Å². The molecule has 11 nitrogen and oxygen atoms in total. The number of benzene rings is 2. The van der Waals surface area contributed by atoms with E-state index in [1.54, 1.807) is 84.0 Å². The Balaban J connectivity index is 2.52. The minimum Gasteiger partial charge on any atom is -0.459 e. The first kappa shape index (κ1) is 38.9. The molecule has 0 bridgehead atoms. The molecule has 0 saturated heterocycles. The number of nitrogens with zero attached hydrogens (tertiary/aromatic N) is 1. The molecule has 3 N–H and O–H groups in total. The van der Waals surface area contributed by atoms with Gasteiger partial charge < -0.3 is 25.2 Å². The van der Waals surface area contributed by atoms with Crippen LogP contribution in [0.1, 0.15) is 79.4 Å². The molecule has 0 heterocycles. The van der Waals surface area contributed by atoms with E-state index in [1.807, 2.05) is 25.1 Å². The van der Waals surface area contributed by atoms with Crippen molar-refractivity contribution < 1.29 is 38.6 Å². The Labute approximate surface area is 278 Å². The van der Waals surface area contributed by atoms with Crippen LogP contribution >= 0.6 is 0 Å². The Bertz CT molecular complexity index is 1330. The highest BCUT2D eigenvalue weighted by Crippen LogP contribution is 2.20. The fourth-order valence-electron chi connectivity index (χ4n) is 4.59. The zero-order chi connectivity index (χ0) is 35.3. The van der Waals surface area contributed by atoms with Crippen molar-refractivity contribution in [2.45, 2.75) is 111 Å². The topological polar surface area (TPSA) is 151 Å². The number of ether oxygens (including phenoxy) is 2. The summed E-state index contributed by atoms with van der Waals surface area (Å²) in [5.41, 5.74) is 0.550. The molecule has 4 amide bonds. The van der Waals surface area contributed by atoms with Gasteiger partial charge >= 0.3 is 12.1 Å². The van der Waals surface area contributed by atoms with Crippen LogP contribution in [0.3, 0.4) is 0 Å². The minimum absolute atomic E-state index is 0.00354. The molecule has 11 heteroatoms. The molecule has 0 fully saturated rings. The number of carbonyl (C=O) groups excluding carboxylic acids is 5. The molecule has 47 heavy (non-hydrogen) atoms. The molecule has 0 saturated carbocycles. The van der Waals surface area contributed by atoms with Crippen LogP contribution in [-0.4, -0.2) is 69.6 Å². The molecule has 2 aromatic carbocycles. The number of aliphatic hydroxyl groups is 1. The number of imide groups is 1. The van der Waals surface area contributed by atoms with Crippen LogP contribution in [-0.2, 0) is 41.7 Å². The lowest BCUT2D eigenvalue weighted by Crippen LogP contribution is -2.61. The molecule has 258 valence electrons. The van der Waals surface area contributed by atoms with Gasteiger partial charge in [-0.05, 0) is 50.7 Å². The Hall–Kier alpha value is -4.25. The zero-order valence-corrected chi connectivity index (χ0v) is 28.8. The summed E-state index contributed by atoms with van der Waals surface area (Å²) in [7, 11) is 0. The summed E-state index contributed by atoms with van der Waals surface area (Å²) in [5.74, 6) is -3.90. The zero-order valence-electron chi connectivity index (χ0n) is 28.8. The van der Waals surface area contributed by atoms with E-state index in [0.717, 1.165) is 10.5 Å². The van der Waals surface area contributed by atoms with Crippen molar-refractivity contribution in [2.24, 2.45) is 11.8 Å². The quantitative estimate of drug-likeness (QED) is 0.237. The van der Waals surface area contributed by atoms with Gasteiger partial charge in [0.15, 0.2) is 0 Å². The van der Waals surface area contributed by atoms with Gasteiger partial charge in [0.05, 0.1) is 12.5 Å². The molecule has 0 aromatic heterocycles. The first-order valence-electron chi connectivity index (χ1n) is 16.1. The monoisotopic (exact) mass is 653 g/mol. The van der Waals surface area contributed by atoms with Crippen molar-refractivity contribution in [1.29, 1.82) is 0 Å². The first-order chi connectivity index (χ1) is 22.0. The van der Waals surface area contributed by atoms with Crippen LogP contribution in [0.4, 0.5) is 4.79 Å². The van der Waals surface area contributed by atoms with Gasteiger partial charge in [-0.3, -0.25) is 19.3 Å². The van der Waals surface area contributed by atoms with Gasteiger partial charge in [-0.15, -0.1) is 0 Å². The highest BCUT2D eigenvalue weighted by atomic mass is 16.6. The number of carbonyl (C=O) groups is 5. The SMILES string of the molecule is CC[C@H](C)[C@@H](NC(=O)OC(C)(C)C)C(=O)N(C(=O)C[C@H](O)C(C)C)[C@H](Cc1ccccc1)C(=O)N[C@H](C)C(=O)OCc1ccccc1. The summed E-state index contributed by atoms with van der Waals surface area (Å²) in [5, 5.41) is 15.9. The normalized spacial score (nSPS) is 14.6. The number of aliphatic hydroxyl groups excluding tert-OH is 1. The van der Waals surface area contributed by atoms with Gasteiger partial charge in [0.1, 0.15) is 30.3 Å². The van der Waals surface area contributed by atoms with Crippen LogP contribution < -0.4 is 10.6 Å². The number of alkyl carbamates (subject to hydrolysis) is 1. The van der Waals surface area contributed by atoms with E-state index in [1.165, 1.54) is 6.92 Å². The minimum atomic E-state index is -1.44. The van der Waals surface area contributed by atoms with Crippen molar-refractivity contribution >= 4 is 29.8 Å². The maximum absolute atomic E-state index is 14.4. The van der Waals surface area contributed by atoms with Crippen molar-refractivity contribution in [3.63, 3.8) is 0 Å². The molecular formula is C36H51N3O8. The fourth-order valence-corrected chi connectivity index (χ4v) is 4.59.